The summed E-state index contributed by atoms with van der Waals surface area (Å²) >= 11 is 0. The normalized spacial score (nSPS) is 27.1. The van der Waals surface area contributed by atoms with Gasteiger partial charge in [-0.1, -0.05) is 30.3 Å². The Balaban J connectivity index is 1.44. The van der Waals surface area contributed by atoms with Crippen LogP contribution in [-0.4, -0.2) is 31.2 Å². The maximum absolute atomic E-state index is 12.2. The van der Waals surface area contributed by atoms with Gasteiger partial charge in [0.05, 0.1) is 6.04 Å². The predicted octanol–water partition coefficient (Wildman–Crippen LogP) is 1.49. The number of hydrogen-bond donors (Lipinski definition) is 2. The lowest BCUT2D eigenvalue weighted by atomic mass is 9.92. The van der Waals surface area contributed by atoms with E-state index in [9.17, 15) is 4.79 Å². The fourth-order valence-corrected chi connectivity index (χ4v) is 3.13. The van der Waals surface area contributed by atoms with E-state index in [4.69, 9.17) is 10.5 Å². The van der Waals surface area contributed by atoms with Crippen LogP contribution in [0.15, 0.2) is 30.3 Å². The Morgan fingerprint density at radius 3 is 2.71 bits per heavy atom. The van der Waals surface area contributed by atoms with Crippen LogP contribution >= 0.6 is 0 Å². The molecule has 2 fully saturated rings. The van der Waals surface area contributed by atoms with Gasteiger partial charge in [-0.2, -0.15) is 0 Å². The van der Waals surface area contributed by atoms with Crippen molar-refractivity contribution in [1.82, 2.24) is 5.32 Å². The van der Waals surface area contributed by atoms with Crippen molar-refractivity contribution in [3.05, 3.63) is 35.9 Å². The van der Waals surface area contributed by atoms with Gasteiger partial charge in [0.15, 0.2) is 0 Å². The molecule has 1 aliphatic carbocycles. The van der Waals surface area contributed by atoms with E-state index in [0.717, 1.165) is 38.9 Å². The van der Waals surface area contributed by atoms with E-state index in [0.29, 0.717) is 12.0 Å². The molecule has 3 unspecified atom stereocenters. The van der Waals surface area contributed by atoms with Crippen LogP contribution in [0.4, 0.5) is 0 Å². The number of ether oxygens (including phenoxy) is 1. The molecule has 0 bridgehead atoms. The van der Waals surface area contributed by atoms with Crippen LogP contribution in [0.25, 0.3) is 0 Å². The number of carbonyl (C=O) groups excluding carboxylic acids is 1. The number of amides is 1. The molecule has 2 aliphatic rings. The highest BCUT2D eigenvalue weighted by atomic mass is 16.5. The predicted molar refractivity (Wildman–Crippen MR) is 81.7 cm³/mol. The minimum Gasteiger partial charge on any atom is -0.381 e. The van der Waals surface area contributed by atoms with Crippen LogP contribution in [0.3, 0.4) is 0 Å². The molecule has 1 aromatic carbocycles. The van der Waals surface area contributed by atoms with Crippen molar-refractivity contribution in [3.63, 3.8) is 0 Å². The Morgan fingerprint density at radius 2 is 2.00 bits per heavy atom. The standard InChI is InChI=1S/C17H24N2O2/c18-16(13-6-8-21-9-7-13)17(20)19-15-11-14(15)10-12-4-2-1-3-5-12/h1-5,13-16H,6-11,18H2,(H,19,20). The monoisotopic (exact) mass is 288 g/mol. The first-order valence-electron chi connectivity index (χ1n) is 7.91. The van der Waals surface area contributed by atoms with Crippen molar-refractivity contribution in [2.45, 2.75) is 37.8 Å². The van der Waals surface area contributed by atoms with Gasteiger partial charge >= 0.3 is 0 Å². The topological polar surface area (TPSA) is 64.4 Å². The molecule has 3 rings (SSSR count). The van der Waals surface area contributed by atoms with Crippen molar-refractivity contribution in [3.8, 4) is 0 Å². The highest BCUT2D eigenvalue weighted by Gasteiger charge is 2.39. The minimum atomic E-state index is -0.383. The van der Waals surface area contributed by atoms with E-state index in [2.05, 4.69) is 29.6 Å². The van der Waals surface area contributed by atoms with E-state index >= 15 is 0 Å². The molecule has 114 valence electrons. The van der Waals surface area contributed by atoms with Gasteiger partial charge in [0.2, 0.25) is 5.91 Å². The lowest BCUT2D eigenvalue weighted by Gasteiger charge is -2.26. The summed E-state index contributed by atoms with van der Waals surface area (Å²) in [5.41, 5.74) is 7.44. The maximum atomic E-state index is 12.2. The zero-order valence-corrected chi connectivity index (χ0v) is 12.3. The van der Waals surface area contributed by atoms with E-state index in [1.807, 2.05) is 6.07 Å². The highest BCUT2D eigenvalue weighted by molar-refractivity contribution is 5.82. The Bertz CT molecular complexity index is 471. The summed E-state index contributed by atoms with van der Waals surface area (Å²) in [4.78, 5) is 12.2. The fourth-order valence-electron chi connectivity index (χ4n) is 3.13. The number of hydrogen-bond acceptors (Lipinski definition) is 3. The minimum absolute atomic E-state index is 0.0162. The van der Waals surface area contributed by atoms with E-state index in [-0.39, 0.29) is 17.9 Å². The number of nitrogens with two attached hydrogens (primary N) is 1. The smallest absolute Gasteiger partial charge is 0.237 e. The average Bonchev–Trinajstić information content (AvgIpc) is 3.25. The molecule has 0 radical (unpaired) electrons. The molecule has 1 saturated heterocycles. The van der Waals surface area contributed by atoms with Gasteiger partial charge < -0.3 is 15.8 Å². The largest absolute Gasteiger partial charge is 0.381 e. The first kappa shape index (κ1) is 14.5. The first-order valence-corrected chi connectivity index (χ1v) is 7.91. The van der Waals surface area contributed by atoms with Crippen LogP contribution < -0.4 is 11.1 Å². The number of benzene rings is 1. The Hall–Kier alpha value is -1.39. The summed E-state index contributed by atoms with van der Waals surface area (Å²) in [6, 6.07) is 10.4. The van der Waals surface area contributed by atoms with Crippen molar-refractivity contribution < 1.29 is 9.53 Å². The second-order valence-electron chi connectivity index (χ2n) is 6.28. The van der Waals surface area contributed by atoms with Gasteiger partial charge in [-0.15, -0.1) is 0 Å². The van der Waals surface area contributed by atoms with Gasteiger partial charge in [-0.25, -0.2) is 0 Å². The molecule has 3 atom stereocenters. The fraction of sp³-hybridized carbons (Fsp3) is 0.588. The molecular weight excluding hydrogens is 264 g/mol. The zero-order valence-electron chi connectivity index (χ0n) is 12.3. The van der Waals surface area contributed by atoms with Crippen molar-refractivity contribution in [2.75, 3.05) is 13.2 Å². The molecule has 1 saturated carbocycles. The molecule has 0 spiro atoms. The van der Waals surface area contributed by atoms with Gasteiger partial charge in [0, 0.05) is 19.3 Å². The SMILES string of the molecule is NC(C(=O)NC1CC1Cc1ccccc1)C1CCOCC1. The second-order valence-corrected chi connectivity index (χ2v) is 6.28. The van der Waals surface area contributed by atoms with Crippen molar-refractivity contribution >= 4 is 5.91 Å². The van der Waals surface area contributed by atoms with E-state index < -0.39 is 0 Å². The quantitative estimate of drug-likeness (QED) is 0.863. The first-order chi connectivity index (χ1) is 10.2. The van der Waals surface area contributed by atoms with Crippen molar-refractivity contribution in [1.29, 1.82) is 0 Å². The maximum Gasteiger partial charge on any atom is 0.237 e. The molecule has 1 aromatic rings. The number of carbonyl (C=O) groups is 1. The molecule has 1 amide bonds. The molecule has 1 aliphatic heterocycles. The third-order valence-corrected chi connectivity index (χ3v) is 4.67. The summed E-state index contributed by atoms with van der Waals surface area (Å²) in [7, 11) is 0. The van der Waals surface area contributed by atoms with Gasteiger partial charge in [-0.05, 0) is 43.1 Å². The van der Waals surface area contributed by atoms with Gasteiger partial charge in [0.25, 0.3) is 0 Å². The van der Waals surface area contributed by atoms with Crippen LogP contribution in [-0.2, 0) is 16.0 Å². The molecule has 0 aromatic heterocycles. The summed E-state index contributed by atoms with van der Waals surface area (Å²) in [5, 5.41) is 3.12. The molecule has 21 heavy (non-hydrogen) atoms. The number of rotatable bonds is 5. The lowest BCUT2D eigenvalue weighted by molar-refractivity contribution is -0.124. The average molecular weight is 288 g/mol. The van der Waals surface area contributed by atoms with E-state index in [1.54, 1.807) is 0 Å². The second kappa shape index (κ2) is 6.58. The third kappa shape index (κ3) is 3.83. The van der Waals surface area contributed by atoms with E-state index in [1.165, 1.54) is 5.56 Å². The molecular formula is C17H24N2O2. The summed E-state index contributed by atoms with van der Waals surface area (Å²) in [6.45, 7) is 1.46. The van der Waals surface area contributed by atoms with Crippen molar-refractivity contribution in [2.24, 2.45) is 17.6 Å². The van der Waals surface area contributed by atoms with Crippen LogP contribution in [0.2, 0.25) is 0 Å². The third-order valence-electron chi connectivity index (χ3n) is 4.67. The van der Waals surface area contributed by atoms with Crippen LogP contribution in [0.1, 0.15) is 24.8 Å². The van der Waals surface area contributed by atoms with Crippen LogP contribution in [0, 0.1) is 11.8 Å². The van der Waals surface area contributed by atoms with Gasteiger partial charge in [0.1, 0.15) is 0 Å². The number of nitrogens with one attached hydrogen (secondary N) is 1. The molecule has 1 heterocycles. The summed E-state index contributed by atoms with van der Waals surface area (Å²) in [5.74, 6) is 0.853. The van der Waals surface area contributed by atoms with Crippen LogP contribution in [0.5, 0.6) is 0 Å². The molecule has 4 heteroatoms. The summed E-state index contributed by atoms with van der Waals surface area (Å²) in [6.07, 6.45) is 3.90. The Labute approximate surface area is 126 Å². The molecule has 4 nitrogen and oxygen atoms in total. The van der Waals surface area contributed by atoms with Gasteiger partial charge in [-0.3, -0.25) is 4.79 Å². The Morgan fingerprint density at radius 1 is 1.29 bits per heavy atom. The summed E-state index contributed by atoms with van der Waals surface area (Å²) < 4.78 is 5.32. The lowest BCUT2D eigenvalue weighted by Crippen LogP contribution is -2.48. The molecule has 3 N–H and O–H groups in total. The Kier molecular flexibility index (Phi) is 4.56. The highest BCUT2D eigenvalue weighted by Crippen LogP contribution is 2.34. The zero-order chi connectivity index (χ0) is 14.7.